The van der Waals surface area contributed by atoms with E-state index in [1.807, 2.05) is 7.05 Å². The van der Waals surface area contributed by atoms with E-state index in [0.717, 1.165) is 43.0 Å². The quantitative estimate of drug-likeness (QED) is 0.572. The highest BCUT2D eigenvalue weighted by Crippen LogP contribution is 2.23. The van der Waals surface area contributed by atoms with Gasteiger partial charge in [-0.25, -0.2) is 19.4 Å². The molecule has 11 nitrogen and oxygen atoms in total. The van der Waals surface area contributed by atoms with E-state index in [-0.39, 0.29) is 5.69 Å². The van der Waals surface area contributed by atoms with E-state index < -0.39 is 5.97 Å². The summed E-state index contributed by atoms with van der Waals surface area (Å²) < 4.78 is 8.04. The van der Waals surface area contributed by atoms with Crippen LogP contribution in [0.5, 0.6) is 0 Å². The molecular weight excluding hydrogens is 338 g/mol. The maximum absolute atomic E-state index is 11.5. The largest absolute Gasteiger partial charge is 0.464 e. The molecule has 0 aliphatic carbocycles. The first-order valence-electron chi connectivity index (χ1n) is 8.24. The standard InChI is InChI=1S/C15H19N9O2/c1-21-13-11(7-18-21)14(17-9-16-13)23-5-3-22(4-6-23)10-24-8-12(19-20-24)15(25)26-2/h7-9H,3-6,10H2,1-2H3. The van der Waals surface area contributed by atoms with Crippen LogP contribution in [0.2, 0.25) is 0 Å². The van der Waals surface area contributed by atoms with Gasteiger partial charge in [0, 0.05) is 33.2 Å². The number of anilines is 1. The molecule has 1 fully saturated rings. The van der Waals surface area contributed by atoms with Gasteiger partial charge in [-0.05, 0) is 0 Å². The number of fused-ring (bicyclic) bond motifs is 1. The zero-order valence-electron chi connectivity index (χ0n) is 14.6. The van der Waals surface area contributed by atoms with Crippen LogP contribution in [0.1, 0.15) is 10.5 Å². The van der Waals surface area contributed by atoms with Gasteiger partial charge in [0.2, 0.25) is 0 Å². The van der Waals surface area contributed by atoms with Crippen LogP contribution in [0.15, 0.2) is 18.7 Å². The molecule has 1 aliphatic rings. The molecule has 0 aromatic carbocycles. The molecule has 26 heavy (non-hydrogen) atoms. The van der Waals surface area contributed by atoms with Gasteiger partial charge in [0.05, 0.1) is 31.6 Å². The van der Waals surface area contributed by atoms with Gasteiger partial charge in [0.1, 0.15) is 12.1 Å². The van der Waals surface area contributed by atoms with E-state index >= 15 is 0 Å². The molecule has 4 heterocycles. The summed E-state index contributed by atoms with van der Waals surface area (Å²) in [6.45, 7) is 3.93. The maximum Gasteiger partial charge on any atom is 0.360 e. The minimum Gasteiger partial charge on any atom is -0.464 e. The molecule has 3 aromatic rings. The van der Waals surface area contributed by atoms with Crippen molar-refractivity contribution in [3.8, 4) is 0 Å². The van der Waals surface area contributed by atoms with Crippen LogP contribution < -0.4 is 4.90 Å². The molecule has 0 spiro atoms. The number of nitrogens with zero attached hydrogens (tertiary/aromatic N) is 9. The van der Waals surface area contributed by atoms with Crippen LogP contribution >= 0.6 is 0 Å². The average Bonchev–Trinajstić information content (AvgIpc) is 3.29. The van der Waals surface area contributed by atoms with Gasteiger partial charge in [-0.3, -0.25) is 9.58 Å². The van der Waals surface area contributed by atoms with Crippen molar-refractivity contribution in [1.29, 1.82) is 0 Å². The highest BCUT2D eigenvalue weighted by atomic mass is 16.5. The van der Waals surface area contributed by atoms with Crippen molar-refractivity contribution in [2.24, 2.45) is 7.05 Å². The number of esters is 1. The fourth-order valence-electron chi connectivity index (χ4n) is 3.07. The summed E-state index contributed by atoms with van der Waals surface area (Å²) in [5.41, 5.74) is 1.04. The number of rotatable bonds is 4. The van der Waals surface area contributed by atoms with Crippen LogP contribution in [0, 0.1) is 0 Å². The van der Waals surface area contributed by atoms with E-state index in [0.29, 0.717) is 6.67 Å². The van der Waals surface area contributed by atoms with Gasteiger partial charge in [-0.2, -0.15) is 5.10 Å². The number of piperazine rings is 1. The third kappa shape index (κ3) is 2.96. The Labute approximate surface area is 149 Å². The van der Waals surface area contributed by atoms with Crippen molar-refractivity contribution in [3.05, 3.63) is 24.4 Å². The first-order chi connectivity index (χ1) is 12.7. The van der Waals surface area contributed by atoms with Crippen molar-refractivity contribution in [1.82, 2.24) is 39.6 Å². The summed E-state index contributed by atoms with van der Waals surface area (Å²) in [5.74, 6) is 0.432. The number of hydrogen-bond acceptors (Lipinski definition) is 9. The Morgan fingerprint density at radius 2 is 2.04 bits per heavy atom. The second-order valence-corrected chi connectivity index (χ2v) is 6.08. The second-order valence-electron chi connectivity index (χ2n) is 6.08. The number of methoxy groups -OCH3 is 1. The van der Waals surface area contributed by atoms with E-state index in [4.69, 9.17) is 0 Å². The molecule has 11 heteroatoms. The highest BCUT2D eigenvalue weighted by Gasteiger charge is 2.21. The Morgan fingerprint density at radius 3 is 2.81 bits per heavy atom. The van der Waals surface area contributed by atoms with Crippen molar-refractivity contribution < 1.29 is 9.53 Å². The van der Waals surface area contributed by atoms with Crippen LogP contribution in [0.4, 0.5) is 5.82 Å². The number of hydrogen-bond donors (Lipinski definition) is 0. The molecule has 0 amide bonds. The average molecular weight is 357 g/mol. The lowest BCUT2D eigenvalue weighted by molar-refractivity contribution is 0.0594. The number of aromatic nitrogens is 7. The molecular formula is C15H19N9O2. The van der Waals surface area contributed by atoms with Gasteiger partial charge in [0.15, 0.2) is 11.3 Å². The van der Waals surface area contributed by atoms with Gasteiger partial charge in [0.25, 0.3) is 0 Å². The number of ether oxygens (including phenoxy) is 1. The fraction of sp³-hybridized carbons (Fsp3) is 0.467. The topological polar surface area (TPSA) is 107 Å². The summed E-state index contributed by atoms with van der Waals surface area (Å²) in [7, 11) is 3.20. The predicted octanol–water partition coefficient (Wildman–Crippen LogP) is -0.479. The normalized spacial score (nSPS) is 15.5. The molecule has 1 aliphatic heterocycles. The molecule has 0 bridgehead atoms. The van der Waals surface area contributed by atoms with Gasteiger partial charge in [-0.15, -0.1) is 5.10 Å². The molecule has 3 aromatic heterocycles. The first-order valence-corrected chi connectivity index (χ1v) is 8.24. The Balaban J connectivity index is 1.41. The monoisotopic (exact) mass is 357 g/mol. The van der Waals surface area contributed by atoms with E-state index in [9.17, 15) is 4.79 Å². The minimum absolute atomic E-state index is 0.214. The van der Waals surface area contributed by atoms with E-state index in [1.165, 1.54) is 7.11 Å². The van der Waals surface area contributed by atoms with Crippen LogP contribution in [0.25, 0.3) is 11.0 Å². The third-order valence-electron chi connectivity index (χ3n) is 4.46. The summed E-state index contributed by atoms with van der Waals surface area (Å²) in [5, 5.41) is 13.0. The lowest BCUT2D eigenvalue weighted by Crippen LogP contribution is -2.47. The molecule has 4 rings (SSSR count). The molecule has 0 radical (unpaired) electrons. The van der Waals surface area contributed by atoms with Crippen molar-refractivity contribution in [2.75, 3.05) is 38.2 Å². The summed E-state index contributed by atoms with van der Waals surface area (Å²) >= 11 is 0. The van der Waals surface area contributed by atoms with E-state index in [2.05, 4.69) is 39.9 Å². The van der Waals surface area contributed by atoms with Crippen LogP contribution in [-0.4, -0.2) is 78.9 Å². The molecule has 0 atom stereocenters. The third-order valence-corrected chi connectivity index (χ3v) is 4.46. The minimum atomic E-state index is -0.481. The van der Waals surface area contributed by atoms with Crippen molar-refractivity contribution in [2.45, 2.75) is 6.67 Å². The number of carbonyl (C=O) groups excluding carboxylic acids is 1. The fourth-order valence-corrected chi connectivity index (χ4v) is 3.07. The lowest BCUT2D eigenvalue weighted by Gasteiger charge is -2.35. The number of aryl methyl sites for hydroxylation is 1. The summed E-state index contributed by atoms with van der Waals surface area (Å²) in [6.07, 6.45) is 4.98. The van der Waals surface area contributed by atoms with Gasteiger partial charge in [-0.1, -0.05) is 5.21 Å². The highest BCUT2D eigenvalue weighted by molar-refractivity contribution is 5.87. The van der Waals surface area contributed by atoms with Gasteiger partial charge < -0.3 is 9.64 Å². The van der Waals surface area contributed by atoms with E-state index in [1.54, 1.807) is 28.1 Å². The SMILES string of the molecule is COC(=O)c1cn(CN2CCN(c3ncnc4c3cnn4C)CC2)nn1. The molecule has 136 valence electrons. The van der Waals surface area contributed by atoms with Crippen LogP contribution in [-0.2, 0) is 18.5 Å². The summed E-state index contributed by atoms with van der Waals surface area (Å²) in [6, 6.07) is 0. The Bertz CT molecular complexity index is 926. The summed E-state index contributed by atoms with van der Waals surface area (Å²) in [4.78, 5) is 24.7. The Hall–Kier alpha value is -3.08. The Morgan fingerprint density at radius 1 is 1.23 bits per heavy atom. The zero-order valence-corrected chi connectivity index (χ0v) is 14.6. The molecule has 0 saturated carbocycles. The number of carbonyl (C=O) groups is 1. The van der Waals surface area contributed by atoms with Gasteiger partial charge >= 0.3 is 5.97 Å². The van der Waals surface area contributed by atoms with Crippen molar-refractivity contribution in [3.63, 3.8) is 0 Å². The maximum atomic E-state index is 11.5. The smallest absolute Gasteiger partial charge is 0.360 e. The molecule has 0 unspecified atom stereocenters. The predicted molar refractivity (Wildman–Crippen MR) is 91.5 cm³/mol. The zero-order chi connectivity index (χ0) is 18.1. The lowest BCUT2D eigenvalue weighted by atomic mass is 10.3. The molecule has 0 N–H and O–H groups in total. The second kappa shape index (κ2) is 6.67. The van der Waals surface area contributed by atoms with Crippen molar-refractivity contribution >= 4 is 22.8 Å². The van der Waals surface area contributed by atoms with Crippen LogP contribution in [0.3, 0.4) is 0 Å². The first kappa shape index (κ1) is 16.4. The molecule has 1 saturated heterocycles. The Kier molecular flexibility index (Phi) is 4.21.